The maximum atomic E-state index is 10.6. The normalized spacial score (nSPS) is 10.6. The molecule has 4 heteroatoms. The Morgan fingerprint density at radius 3 is 2.82 bits per heavy atom. The van der Waals surface area contributed by atoms with Crippen LogP contribution in [0.1, 0.15) is 9.67 Å². The lowest BCUT2D eigenvalue weighted by atomic mass is 10.2. The Labute approximate surface area is 102 Å². The molecule has 82 valence electrons. The second-order valence-electron chi connectivity index (χ2n) is 3.57. The van der Waals surface area contributed by atoms with Gasteiger partial charge in [-0.1, -0.05) is 24.3 Å². The Morgan fingerprint density at radius 1 is 1.12 bits per heavy atom. The number of rotatable bonds is 2. The van der Waals surface area contributed by atoms with Gasteiger partial charge in [-0.25, -0.2) is 9.97 Å². The third-order valence-electron chi connectivity index (χ3n) is 2.46. The Balaban J connectivity index is 2.14. The van der Waals surface area contributed by atoms with Gasteiger partial charge >= 0.3 is 0 Å². The molecule has 0 unspecified atom stereocenters. The number of benzene rings is 1. The second-order valence-corrected chi connectivity index (χ2v) is 4.64. The van der Waals surface area contributed by atoms with Crippen molar-refractivity contribution < 1.29 is 4.79 Å². The van der Waals surface area contributed by atoms with Crippen molar-refractivity contribution in [1.82, 2.24) is 9.97 Å². The number of nitrogens with zero attached hydrogens (tertiary/aromatic N) is 2. The van der Waals surface area contributed by atoms with Crippen LogP contribution in [0, 0.1) is 0 Å². The zero-order valence-corrected chi connectivity index (χ0v) is 9.65. The van der Waals surface area contributed by atoms with Crippen molar-refractivity contribution in [2.24, 2.45) is 0 Å². The lowest BCUT2D eigenvalue weighted by Crippen LogP contribution is -1.83. The van der Waals surface area contributed by atoms with Gasteiger partial charge in [0.15, 0.2) is 6.29 Å². The number of hydrogen-bond donors (Lipinski definition) is 0. The summed E-state index contributed by atoms with van der Waals surface area (Å²) in [5.41, 5.74) is 1.75. The van der Waals surface area contributed by atoms with Crippen LogP contribution < -0.4 is 0 Å². The third-order valence-corrected chi connectivity index (χ3v) is 3.40. The molecule has 1 aromatic carbocycles. The molecule has 0 aliphatic heterocycles. The van der Waals surface area contributed by atoms with Crippen molar-refractivity contribution in [2.75, 3.05) is 0 Å². The standard InChI is InChI=1S/C13H8N2OS/c16-8-10-7-14-13(17-10)12-6-5-9-3-1-2-4-11(9)15-12/h1-8H. The van der Waals surface area contributed by atoms with E-state index in [9.17, 15) is 4.79 Å². The van der Waals surface area contributed by atoms with E-state index in [4.69, 9.17) is 0 Å². The summed E-state index contributed by atoms with van der Waals surface area (Å²) in [6, 6.07) is 11.9. The van der Waals surface area contributed by atoms with Gasteiger partial charge in [0.25, 0.3) is 0 Å². The van der Waals surface area contributed by atoms with Gasteiger partial charge in [0, 0.05) is 11.6 Å². The summed E-state index contributed by atoms with van der Waals surface area (Å²) in [6.07, 6.45) is 2.38. The van der Waals surface area contributed by atoms with Crippen molar-refractivity contribution in [1.29, 1.82) is 0 Å². The second kappa shape index (κ2) is 4.07. The number of aldehydes is 1. The predicted molar refractivity (Wildman–Crippen MR) is 68.2 cm³/mol. The first-order valence-electron chi connectivity index (χ1n) is 5.14. The zero-order chi connectivity index (χ0) is 11.7. The number of aromatic nitrogens is 2. The van der Waals surface area contributed by atoms with E-state index >= 15 is 0 Å². The molecule has 2 aromatic heterocycles. The maximum absolute atomic E-state index is 10.6. The molecule has 3 rings (SSSR count). The molecule has 3 aromatic rings. The number of pyridine rings is 1. The van der Waals surface area contributed by atoms with Crippen LogP contribution in [-0.2, 0) is 0 Å². The van der Waals surface area contributed by atoms with E-state index < -0.39 is 0 Å². The van der Waals surface area contributed by atoms with Crippen LogP contribution >= 0.6 is 11.3 Å². The van der Waals surface area contributed by atoms with Crippen LogP contribution in [0.3, 0.4) is 0 Å². The fraction of sp³-hybridized carbons (Fsp3) is 0. The fourth-order valence-electron chi connectivity index (χ4n) is 1.64. The van der Waals surface area contributed by atoms with Crippen molar-refractivity contribution in [3.05, 3.63) is 47.5 Å². The summed E-state index contributed by atoms with van der Waals surface area (Å²) < 4.78 is 0. The van der Waals surface area contributed by atoms with Crippen LogP contribution in [0.25, 0.3) is 21.6 Å². The number of para-hydroxylation sites is 1. The SMILES string of the molecule is O=Cc1cnc(-c2ccc3ccccc3n2)s1. The van der Waals surface area contributed by atoms with E-state index in [1.807, 2.05) is 36.4 Å². The molecule has 0 aliphatic rings. The van der Waals surface area contributed by atoms with Crippen molar-refractivity contribution >= 4 is 28.5 Å². The van der Waals surface area contributed by atoms with Gasteiger partial charge in [-0.15, -0.1) is 11.3 Å². The van der Waals surface area contributed by atoms with Gasteiger partial charge in [0.2, 0.25) is 0 Å². The minimum atomic E-state index is 0.620. The largest absolute Gasteiger partial charge is 0.297 e. The van der Waals surface area contributed by atoms with Gasteiger partial charge in [0.1, 0.15) is 5.01 Å². The third kappa shape index (κ3) is 1.83. The molecule has 0 saturated carbocycles. The van der Waals surface area contributed by atoms with Crippen molar-refractivity contribution in [2.45, 2.75) is 0 Å². The van der Waals surface area contributed by atoms with Crippen LogP contribution in [0.5, 0.6) is 0 Å². The molecule has 0 fully saturated rings. The van der Waals surface area contributed by atoms with Gasteiger partial charge in [0.05, 0.1) is 16.1 Å². The smallest absolute Gasteiger partial charge is 0.161 e. The number of fused-ring (bicyclic) bond motifs is 1. The summed E-state index contributed by atoms with van der Waals surface area (Å²) in [5, 5.41) is 1.88. The molecular weight excluding hydrogens is 232 g/mol. The van der Waals surface area contributed by atoms with Gasteiger partial charge in [-0.3, -0.25) is 4.79 Å². The number of carbonyl (C=O) groups excluding carboxylic acids is 1. The summed E-state index contributed by atoms with van der Waals surface area (Å²) >= 11 is 1.35. The number of hydrogen-bond acceptors (Lipinski definition) is 4. The van der Waals surface area contributed by atoms with Gasteiger partial charge < -0.3 is 0 Å². The molecule has 0 bridgehead atoms. The van der Waals surface area contributed by atoms with E-state index in [2.05, 4.69) is 9.97 Å². The number of carbonyl (C=O) groups is 1. The molecule has 3 nitrogen and oxygen atoms in total. The quantitative estimate of drug-likeness (QED) is 0.646. The van der Waals surface area contributed by atoms with Crippen molar-refractivity contribution in [3.63, 3.8) is 0 Å². The van der Waals surface area contributed by atoms with Crippen LogP contribution in [0.15, 0.2) is 42.6 Å². The van der Waals surface area contributed by atoms with Crippen LogP contribution in [0.2, 0.25) is 0 Å². The Bertz CT molecular complexity index is 690. The van der Waals surface area contributed by atoms with Gasteiger partial charge in [-0.05, 0) is 12.1 Å². The van der Waals surface area contributed by atoms with E-state index in [0.717, 1.165) is 27.9 Å². The monoisotopic (exact) mass is 240 g/mol. The molecule has 0 atom stereocenters. The highest BCUT2D eigenvalue weighted by Gasteiger charge is 2.06. The highest BCUT2D eigenvalue weighted by Crippen LogP contribution is 2.24. The van der Waals surface area contributed by atoms with Crippen LogP contribution in [0.4, 0.5) is 0 Å². The molecule has 0 saturated heterocycles. The average Bonchev–Trinajstić information content (AvgIpc) is 2.87. The molecule has 17 heavy (non-hydrogen) atoms. The molecular formula is C13H8N2OS. The highest BCUT2D eigenvalue weighted by molar-refractivity contribution is 7.16. The van der Waals surface area contributed by atoms with E-state index in [-0.39, 0.29) is 0 Å². The fourth-order valence-corrected chi connectivity index (χ4v) is 2.35. The minimum absolute atomic E-state index is 0.620. The maximum Gasteiger partial charge on any atom is 0.161 e. The molecule has 0 amide bonds. The minimum Gasteiger partial charge on any atom is -0.297 e. The Morgan fingerprint density at radius 2 is 2.00 bits per heavy atom. The molecule has 0 N–H and O–H groups in total. The lowest BCUT2D eigenvalue weighted by Gasteiger charge is -1.99. The first kappa shape index (κ1) is 10.1. The molecule has 0 radical (unpaired) electrons. The van der Waals surface area contributed by atoms with E-state index in [1.54, 1.807) is 6.20 Å². The highest BCUT2D eigenvalue weighted by atomic mass is 32.1. The van der Waals surface area contributed by atoms with Gasteiger partial charge in [-0.2, -0.15) is 0 Å². The topological polar surface area (TPSA) is 42.9 Å². The summed E-state index contributed by atoms with van der Waals surface area (Å²) in [6.45, 7) is 0. The zero-order valence-electron chi connectivity index (χ0n) is 8.83. The lowest BCUT2D eigenvalue weighted by molar-refractivity contribution is 0.112. The first-order valence-corrected chi connectivity index (χ1v) is 5.95. The summed E-state index contributed by atoms with van der Waals surface area (Å²) in [5.74, 6) is 0. The Kier molecular flexibility index (Phi) is 2.42. The van der Waals surface area contributed by atoms with Crippen LogP contribution in [-0.4, -0.2) is 16.3 Å². The predicted octanol–water partition coefficient (Wildman–Crippen LogP) is 3.17. The first-order chi connectivity index (χ1) is 8.36. The molecule has 0 aliphatic carbocycles. The summed E-state index contributed by atoms with van der Waals surface area (Å²) in [4.78, 5) is 19.9. The molecule has 2 heterocycles. The van der Waals surface area contributed by atoms with E-state index in [1.165, 1.54) is 11.3 Å². The number of thiazole rings is 1. The summed E-state index contributed by atoms with van der Waals surface area (Å²) in [7, 11) is 0. The van der Waals surface area contributed by atoms with E-state index in [0.29, 0.717) is 4.88 Å². The average molecular weight is 240 g/mol. The Hall–Kier alpha value is -2.07. The van der Waals surface area contributed by atoms with Crippen molar-refractivity contribution in [3.8, 4) is 10.7 Å². The molecule has 0 spiro atoms.